The quantitative estimate of drug-likeness (QED) is 0.777. The Morgan fingerprint density at radius 2 is 1.81 bits per heavy atom. The molecule has 1 aliphatic heterocycles. The van der Waals surface area contributed by atoms with Gasteiger partial charge in [0.2, 0.25) is 5.91 Å². The van der Waals surface area contributed by atoms with E-state index in [-0.39, 0.29) is 0 Å². The van der Waals surface area contributed by atoms with Crippen molar-refractivity contribution in [2.75, 3.05) is 10.6 Å². The van der Waals surface area contributed by atoms with E-state index in [1.54, 1.807) is 24.3 Å². The van der Waals surface area contributed by atoms with Gasteiger partial charge in [0.1, 0.15) is 6.04 Å². The van der Waals surface area contributed by atoms with E-state index < -0.39 is 24.5 Å². The van der Waals surface area contributed by atoms with Gasteiger partial charge in [-0.15, -0.1) is 0 Å². The Kier molecular flexibility index (Phi) is 2.49. The predicted octanol–water partition coefficient (Wildman–Crippen LogP) is 2.37. The number of amides is 1. The molecule has 1 unspecified atom stereocenters. The molecular formula is C10H9F3N2O. The van der Waals surface area contributed by atoms with Gasteiger partial charge in [-0.3, -0.25) is 4.79 Å². The average Bonchev–Trinajstić information content (AvgIpc) is 2.17. The molecule has 0 saturated heterocycles. The lowest BCUT2D eigenvalue weighted by Crippen LogP contribution is -2.41. The zero-order valence-corrected chi connectivity index (χ0v) is 8.14. The van der Waals surface area contributed by atoms with Crippen molar-refractivity contribution >= 4 is 17.3 Å². The molecule has 1 aromatic carbocycles. The molecule has 0 aromatic heterocycles. The molecule has 1 atom stereocenters. The highest BCUT2D eigenvalue weighted by atomic mass is 19.4. The molecule has 2 N–H and O–H groups in total. The maximum Gasteiger partial charge on any atom is 0.391 e. The minimum absolute atomic E-state index is 0.505. The van der Waals surface area contributed by atoms with Crippen LogP contribution in [0.3, 0.4) is 0 Å². The summed E-state index contributed by atoms with van der Waals surface area (Å²) >= 11 is 0. The molecule has 2 rings (SSSR count). The molecule has 0 bridgehead atoms. The summed E-state index contributed by atoms with van der Waals surface area (Å²) in [6.45, 7) is 0. The van der Waals surface area contributed by atoms with Crippen LogP contribution in [0.4, 0.5) is 24.5 Å². The summed E-state index contributed by atoms with van der Waals surface area (Å²) in [4.78, 5) is 11.4. The maximum absolute atomic E-state index is 12.2. The number of carbonyl (C=O) groups is 1. The van der Waals surface area contributed by atoms with Crippen molar-refractivity contribution in [1.82, 2.24) is 0 Å². The monoisotopic (exact) mass is 230 g/mol. The third-order valence-corrected chi connectivity index (χ3v) is 2.27. The number of halogens is 3. The Bertz CT molecular complexity index is 417. The van der Waals surface area contributed by atoms with Gasteiger partial charge < -0.3 is 10.6 Å². The topological polar surface area (TPSA) is 41.1 Å². The second kappa shape index (κ2) is 3.70. The molecule has 6 heteroatoms. The largest absolute Gasteiger partial charge is 0.391 e. The van der Waals surface area contributed by atoms with Crippen LogP contribution < -0.4 is 10.6 Å². The van der Waals surface area contributed by atoms with Gasteiger partial charge in [-0.25, -0.2) is 0 Å². The van der Waals surface area contributed by atoms with Crippen LogP contribution in [0.25, 0.3) is 0 Å². The van der Waals surface area contributed by atoms with E-state index in [0.29, 0.717) is 11.4 Å². The lowest BCUT2D eigenvalue weighted by molar-refractivity contribution is -0.144. The SMILES string of the molecule is O=C1Nc2ccccc2NC1CC(F)(F)F. The number of rotatable bonds is 1. The van der Waals surface area contributed by atoms with Crippen LogP contribution in [0.5, 0.6) is 0 Å². The molecule has 0 fully saturated rings. The number of fused-ring (bicyclic) bond motifs is 1. The van der Waals surface area contributed by atoms with Crippen LogP contribution in [0.1, 0.15) is 6.42 Å². The van der Waals surface area contributed by atoms with Crippen molar-refractivity contribution in [3.63, 3.8) is 0 Å². The van der Waals surface area contributed by atoms with E-state index in [0.717, 1.165) is 0 Å². The van der Waals surface area contributed by atoms with Crippen molar-refractivity contribution in [1.29, 1.82) is 0 Å². The molecule has 1 aromatic rings. The second-order valence-corrected chi connectivity index (χ2v) is 3.55. The van der Waals surface area contributed by atoms with Crippen molar-refractivity contribution in [2.45, 2.75) is 18.6 Å². The first-order valence-corrected chi connectivity index (χ1v) is 4.69. The smallest absolute Gasteiger partial charge is 0.372 e. The Hall–Kier alpha value is -1.72. The standard InChI is InChI=1S/C10H9F3N2O/c11-10(12,13)5-8-9(16)15-7-4-2-1-3-6(7)14-8/h1-4,8,14H,5H2,(H,15,16). The molecule has 1 amide bonds. The fourth-order valence-corrected chi connectivity index (χ4v) is 1.57. The molecule has 0 saturated carbocycles. The van der Waals surface area contributed by atoms with Crippen LogP contribution in [0, 0.1) is 0 Å². The fraction of sp³-hybridized carbons (Fsp3) is 0.300. The van der Waals surface area contributed by atoms with Gasteiger partial charge in [-0.1, -0.05) is 12.1 Å². The van der Waals surface area contributed by atoms with Gasteiger partial charge in [-0.05, 0) is 12.1 Å². The molecule has 0 radical (unpaired) electrons. The number of carbonyl (C=O) groups excluding carboxylic acids is 1. The van der Waals surface area contributed by atoms with Crippen molar-refractivity contribution in [3.8, 4) is 0 Å². The highest BCUT2D eigenvalue weighted by Crippen LogP contribution is 2.30. The maximum atomic E-state index is 12.2. The molecule has 16 heavy (non-hydrogen) atoms. The van der Waals surface area contributed by atoms with E-state index in [2.05, 4.69) is 10.6 Å². The van der Waals surface area contributed by atoms with Gasteiger partial charge in [-0.2, -0.15) is 13.2 Å². The zero-order valence-electron chi connectivity index (χ0n) is 8.14. The Labute approximate surface area is 89.6 Å². The summed E-state index contributed by atoms with van der Waals surface area (Å²) in [6.07, 6.45) is -5.53. The summed E-state index contributed by atoms with van der Waals surface area (Å²) in [5.74, 6) is -0.656. The number of benzene rings is 1. The van der Waals surface area contributed by atoms with E-state index in [4.69, 9.17) is 0 Å². The Morgan fingerprint density at radius 3 is 2.44 bits per heavy atom. The number of anilines is 2. The first-order chi connectivity index (χ1) is 7.46. The van der Waals surface area contributed by atoms with Crippen molar-refractivity contribution < 1.29 is 18.0 Å². The number of alkyl halides is 3. The molecule has 0 spiro atoms. The fourth-order valence-electron chi connectivity index (χ4n) is 1.57. The van der Waals surface area contributed by atoms with Gasteiger partial charge >= 0.3 is 6.18 Å². The highest BCUT2D eigenvalue weighted by molar-refractivity contribution is 6.02. The number of hydrogen-bond acceptors (Lipinski definition) is 2. The summed E-state index contributed by atoms with van der Waals surface area (Å²) in [5, 5.41) is 5.00. The number of nitrogens with one attached hydrogen (secondary N) is 2. The first kappa shape index (κ1) is 10.8. The lowest BCUT2D eigenvalue weighted by atomic mass is 10.1. The number of hydrogen-bond donors (Lipinski definition) is 2. The Morgan fingerprint density at radius 1 is 1.19 bits per heavy atom. The second-order valence-electron chi connectivity index (χ2n) is 3.55. The van der Waals surface area contributed by atoms with Gasteiger partial charge in [0.25, 0.3) is 0 Å². The summed E-state index contributed by atoms with van der Waals surface area (Å²) in [5.41, 5.74) is 1.02. The summed E-state index contributed by atoms with van der Waals surface area (Å²) in [7, 11) is 0. The van der Waals surface area contributed by atoms with E-state index in [1.807, 2.05) is 0 Å². The van der Waals surface area contributed by atoms with Crippen LogP contribution in [-0.2, 0) is 4.79 Å². The van der Waals surface area contributed by atoms with E-state index in [9.17, 15) is 18.0 Å². The molecule has 0 aliphatic carbocycles. The van der Waals surface area contributed by atoms with E-state index in [1.165, 1.54) is 0 Å². The lowest BCUT2D eigenvalue weighted by Gasteiger charge is -2.27. The number of para-hydroxylation sites is 2. The first-order valence-electron chi connectivity index (χ1n) is 4.69. The van der Waals surface area contributed by atoms with Crippen LogP contribution in [0.2, 0.25) is 0 Å². The van der Waals surface area contributed by atoms with E-state index >= 15 is 0 Å². The third kappa shape index (κ3) is 2.26. The molecule has 3 nitrogen and oxygen atoms in total. The van der Waals surface area contributed by atoms with Crippen molar-refractivity contribution in [3.05, 3.63) is 24.3 Å². The summed E-state index contributed by atoms with van der Waals surface area (Å²) < 4.78 is 36.5. The summed E-state index contributed by atoms with van der Waals surface area (Å²) in [6, 6.07) is 5.39. The zero-order chi connectivity index (χ0) is 11.8. The van der Waals surface area contributed by atoms with Gasteiger partial charge in [0, 0.05) is 0 Å². The third-order valence-electron chi connectivity index (χ3n) is 2.27. The minimum atomic E-state index is -4.36. The highest BCUT2D eigenvalue weighted by Gasteiger charge is 2.37. The molecule has 1 aliphatic rings. The van der Waals surface area contributed by atoms with Crippen molar-refractivity contribution in [2.24, 2.45) is 0 Å². The van der Waals surface area contributed by atoms with Crippen LogP contribution >= 0.6 is 0 Å². The predicted molar refractivity (Wildman–Crippen MR) is 53.2 cm³/mol. The minimum Gasteiger partial charge on any atom is -0.372 e. The molecular weight excluding hydrogens is 221 g/mol. The van der Waals surface area contributed by atoms with Gasteiger partial charge in [0.15, 0.2) is 0 Å². The molecule has 86 valence electrons. The Balaban J connectivity index is 2.18. The normalized spacial score (nSPS) is 19.7. The van der Waals surface area contributed by atoms with Gasteiger partial charge in [0.05, 0.1) is 17.8 Å². The molecule has 1 heterocycles. The van der Waals surface area contributed by atoms with Crippen LogP contribution in [-0.4, -0.2) is 18.1 Å². The van der Waals surface area contributed by atoms with Crippen LogP contribution in [0.15, 0.2) is 24.3 Å². The average molecular weight is 230 g/mol.